The van der Waals surface area contributed by atoms with E-state index in [9.17, 15) is 8.78 Å². The van der Waals surface area contributed by atoms with Gasteiger partial charge in [-0.1, -0.05) is 6.42 Å². The van der Waals surface area contributed by atoms with Gasteiger partial charge in [-0.2, -0.15) is 4.39 Å². The summed E-state index contributed by atoms with van der Waals surface area (Å²) >= 11 is 0. The third-order valence-corrected chi connectivity index (χ3v) is 2.48. The molecule has 1 aromatic rings. The van der Waals surface area contributed by atoms with Gasteiger partial charge in [0.25, 0.3) is 0 Å². The van der Waals surface area contributed by atoms with Crippen LogP contribution in [0.2, 0.25) is 0 Å². The molecule has 2 heterocycles. The van der Waals surface area contributed by atoms with Crippen LogP contribution >= 0.6 is 0 Å². The lowest BCUT2D eigenvalue weighted by Gasteiger charge is -2.23. The first-order valence-electron chi connectivity index (χ1n) is 4.83. The van der Waals surface area contributed by atoms with Crippen molar-refractivity contribution in [2.24, 2.45) is 0 Å². The molecule has 0 radical (unpaired) electrons. The van der Waals surface area contributed by atoms with Crippen molar-refractivity contribution >= 4 is 0 Å². The lowest BCUT2D eigenvalue weighted by Crippen LogP contribution is -2.28. The maximum absolute atomic E-state index is 13.3. The highest BCUT2D eigenvalue weighted by Gasteiger charge is 2.19. The van der Waals surface area contributed by atoms with Gasteiger partial charge in [0.1, 0.15) is 5.82 Å². The summed E-state index contributed by atoms with van der Waals surface area (Å²) in [6, 6.07) is 2.05. The minimum Gasteiger partial charge on any atom is -0.309 e. The molecule has 14 heavy (non-hydrogen) atoms. The van der Waals surface area contributed by atoms with Gasteiger partial charge >= 0.3 is 0 Å². The molecule has 1 saturated heterocycles. The van der Waals surface area contributed by atoms with Crippen LogP contribution in [0.3, 0.4) is 0 Å². The fraction of sp³-hybridized carbons (Fsp3) is 0.500. The highest BCUT2D eigenvalue weighted by molar-refractivity contribution is 5.12. The van der Waals surface area contributed by atoms with Gasteiger partial charge in [0.15, 0.2) is 0 Å². The Hall–Kier alpha value is -1.03. The first-order valence-corrected chi connectivity index (χ1v) is 4.83. The zero-order valence-corrected chi connectivity index (χ0v) is 7.76. The molecule has 1 N–H and O–H groups in total. The zero-order valence-electron chi connectivity index (χ0n) is 7.76. The Morgan fingerprint density at radius 3 is 2.86 bits per heavy atom. The SMILES string of the molecule is Fc1ccc(F)c(C2CCCCN2)n1. The van der Waals surface area contributed by atoms with E-state index in [1.807, 2.05) is 0 Å². The molecule has 1 fully saturated rings. The zero-order chi connectivity index (χ0) is 9.97. The number of nitrogens with zero attached hydrogens (tertiary/aromatic N) is 1. The second kappa shape index (κ2) is 4.00. The van der Waals surface area contributed by atoms with Crippen LogP contribution < -0.4 is 5.32 Å². The van der Waals surface area contributed by atoms with E-state index in [-0.39, 0.29) is 11.7 Å². The molecule has 0 saturated carbocycles. The van der Waals surface area contributed by atoms with Gasteiger partial charge in [0.05, 0.1) is 11.7 Å². The number of rotatable bonds is 1. The largest absolute Gasteiger partial charge is 0.309 e. The minimum absolute atomic E-state index is 0.126. The van der Waals surface area contributed by atoms with Crippen molar-refractivity contribution < 1.29 is 8.78 Å². The molecule has 0 bridgehead atoms. The Balaban J connectivity index is 2.24. The molecule has 0 aliphatic carbocycles. The first kappa shape index (κ1) is 9.52. The normalized spacial score (nSPS) is 22.3. The van der Waals surface area contributed by atoms with E-state index in [1.54, 1.807) is 0 Å². The Labute approximate surface area is 81.4 Å². The van der Waals surface area contributed by atoms with Gasteiger partial charge in [-0.25, -0.2) is 9.37 Å². The van der Waals surface area contributed by atoms with Crippen molar-refractivity contribution in [2.75, 3.05) is 6.54 Å². The predicted molar refractivity (Wildman–Crippen MR) is 48.7 cm³/mol. The van der Waals surface area contributed by atoms with E-state index in [1.165, 1.54) is 0 Å². The van der Waals surface area contributed by atoms with E-state index >= 15 is 0 Å². The smallest absolute Gasteiger partial charge is 0.213 e. The number of halogens is 2. The van der Waals surface area contributed by atoms with Crippen LogP contribution in [0.1, 0.15) is 31.0 Å². The fourth-order valence-electron chi connectivity index (χ4n) is 1.76. The van der Waals surface area contributed by atoms with Gasteiger partial charge < -0.3 is 5.32 Å². The fourth-order valence-corrected chi connectivity index (χ4v) is 1.76. The van der Waals surface area contributed by atoms with E-state index in [4.69, 9.17) is 0 Å². The maximum atomic E-state index is 13.3. The maximum Gasteiger partial charge on any atom is 0.213 e. The Morgan fingerprint density at radius 1 is 1.29 bits per heavy atom. The first-order chi connectivity index (χ1) is 6.77. The molecular weight excluding hydrogens is 186 g/mol. The van der Waals surface area contributed by atoms with E-state index in [0.717, 1.165) is 37.9 Å². The van der Waals surface area contributed by atoms with Crippen molar-refractivity contribution in [3.05, 3.63) is 29.6 Å². The second-order valence-electron chi connectivity index (χ2n) is 3.50. The van der Waals surface area contributed by atoms with E-state index in [2.05, 4.69) is 10.3 Å². The second-order valence-corrected chi connectivity index (χ2v) is 3.50. The molecule has 1 aliphatic heterocycles. The summed E-state index contributed by atoms with van der Waals surface area (Å²) in [5.41, 5.74) is 0.213. The summed E-state index contributed by atoms with van der Waals surface area (Å²) in [6.07, 6.45) is 2.95. The van der Waals surface area contributed by atoms with Crippen LogP contribution in [0.5, 0.6) is 0 Å². The standard InChI is InChI=1S/C10H12F2N2/c11-7-4-5-9(12)14-10(7)8-3-1-2-6-13-8/h4-5,8,13H,1-3,6H2. The molecule has 1 aromatic heterocycles. The Kier molecular flexibility index (Phi) is 2.72. The monoisotopic (exact) mass is 198 g/mol. The van der Waals surface area contributed by atoms with Crippen LogP contribution in [0.4, 0.5) is 8.78 Å². The molecule has 1 unspecified atom stereocenters. The third kappa shape index (κ3) is 1.90. The molecule has 1 aliphatic rings. The summed E-state index contributed by atoms with van der Waals surface area (Å²) in [7, 11) is 0. The van der Waals surface area contributed by atoms with Crippen molar-refractivity contribution in [1.29, 1.82) is 0 Å². The minimum atomic E-state index is -0.617. The van der Waals surface area contributed by atoms with E-state index < -0.39 is 11.8 Å². The number of pyridine rings is 1. The Morgan fingerprint density at radius 2 is 2.14 bits per heavy atom. The van der Waals surface area contributed by atoms with Gasteiger partial charge in [-0.15, -0.1) is 0 Å². The Bertz CT molecular complexity index is 322. The molecule has 2 nitrogen and oxygen atoms in total. The summed E-state index contributed by atoms with van der Waals surface area (Å²) in [5, 5.41) is 3.13. The lowest BCUT2D eigenvalue weighted by molar-refractivity contribution is 0.385. The van der Waals surface area contributed by atoms with Gasteiger partial charge in [-0.05, 0) is 31.5 Å². The summed E-state index contributed by atoms with van der Waals surface area (Å²) < 4.78 is 26.1. The van der Waals surface area contributed by atoms with Crippen molar-refractivity contribution in [3.63, 3.8) is 0 Å². The summed E-state index contributed by atoms with van der Waals surface area (Å²) in [5.74, 6) is -1.04. The van der Waals surface area contributed by atoms with Crippen molar-refractivity contribution in [3.8, 4) is 0 Å². The van der Waals surface area contributed by atoms with Crippen LogP contribution in [-0.4, -0.2) is 11.5 Å². The van der Waals surface area contributed by atoms with Gasteiger partial charge in [-0.3, -0.25) is 0 Å². The molecule has 76 valence electrons. The average molecular weight is 198 g/mol. The molecule has 4 heteroatoms. The van der Waals surface area contributed by atoms with Crippen LogP contribution in [0, 0.1) is 11.8 Å². The van der Waals surface area contributed by atoms with Crippen molar-refractivity contribution in [1.82, 2.24) is 10.3 Å². The number of hydrogen-bond acceptors (Lipinski definition) is 2. The molecule has 0 amide bonds. The molecule has 0 aromatic carbocycles. The number of hydrogen-bond donors (Lipinski definition) is 1. The van der Waals surface area contributed by atoms with Crippen molar-refractivity contribution in [2.45, 2.75) is 25.3 Å². The van der Waals surface area contributed by atoms with Gasteiger partial charge in [0, 0.05) is 0 Å². The number of piperidine rings is 1. The molecule has 0 spiro atoms. The summed E-state index contributed by atoms with van der Waals surface area (Å²) in [6.45, 7) is 0.850. The van der Waals surface area contributed by atoms with Crippen LogP contribution in [0.25, 0.3) is 0 Å². The topological polar surface area (TPSA) is 24.9 Å². The highest BCUT2D eigenvalue weighted by Crippen LogP contribution is 2.23. The van der Waals surface area contributed by atoms with Gasteiger partial charge in [0.2, 0.25) is 5.95 Å². The number of aromatic nitrogens is 1. The number of nitrogens with one attached hydrogen (secondary N) is 1. The van der Waals surface area contributed by atoms with E-state index in [0.29, 0.717) is 0 Å². The van der Waals surface area contributed by atoms with Crippen LogP contribution in [-0.2, 0) is 0 Å². The predicted octanol–water partition coefficient (Wildman–Crippen LogP) is 2.17. The average Bonchev–Trinajstić information content (AvgIpc) is 2.23. The quantitative estimate of drug-likeness (QED) is 0.699. The molecule has 2 rings (SSSR count). The highest BCUT2D eigenvalue weighted by atomic mass is 19.1. The lowest BCUT2D eigenvalue weighted by atomic mass is 10.0. The summed E-state index contributed by atoms with van der Waals surface area (Å²) in [4.78, 5) is 3.59. The molecular formula is C10H12F2N2. The van der Waals surface area contributed by atoms with Crippen LogP contribution in [0.15, 0.2) is 12.1 Å². The molecule has 1 atom stereocenters. The third-order valence-electron chi connectivity index (χ3n) is 2.48.